The number of hydrogen-bond acceptors (Lipinski definition) is 13. The summed E-state index contributed by atoms with van der Waals surface area (Å²) in [5.74, 6) is 0.876. The molecule has 0 saturated heterocycles. The fraction of sp³-hybridized carbons (Fsp3) is 0.882. The fourth-order valence-electron chi connectivity index (χ4n) is 6.08. The molecule has 0 aliphatic carbocycles. The highest BCUT2D eigenvalue weighted by atomic mass is 16.6. The van der Waals surface area contributed by atoms with Gasteiger partial charge in [-0.05, 0) is 114 Å². The molecule has 0 heterocycles. The largest absolute Gasteiger partial charge is 0.491 e. The Labute approximate surface area is 390 Å². The molecule has 13 nitrogen and oxygen atoms in total. The number of aliphatic hydroxyl groups is 1. The maximum absolute atomic E-state index is 9.34. The monoisotopic (exact) mass is 917 g/mol. The Balaban J connectivity index is 2.08. The predicted octanol–water partition coefficient (Wildman–Crippen LogP) is 9.20. The van der Waals surface area contributed by atoms with E-state index in [9.17, 15) is 5.11 Å². The van der Waals surface area contributed by atoms with Crippen LogP contribution in [0, 0.1) is 0 Å². The second-order valence-corrected chi connectivity index (χ2v) is 18.3. The van der Waals surface area contributed by atoms with Crippen LogP contribution in [0.4, 0.5) is 0 Å². The Bertz CT molecular complexity index is 1180. The number of benzene rings is 1. The van der Waals surface area contributed by atoms with Crippen molar-refractivity contribution in [3.63, 3.8) is 0 Å². The fourth-order valence-corrected chi connectivity index (χ4v) is 6.08. The molecule has 1 N–H and O–H groups in total. The summed E-state index contributed by atoms with van der Waals surface area (Å²) in [6.07, 6.45) is 9.05. The van der Waals surface area contributed by atoms with Crippen molar-refractivity contribution in [1.82, 2.24) is 0 Å². The molecule has 0 fully saturated rings. The summed E-state index contributed by atoms with van der Waals surface area (Å²) in [6.45, 7) is 31.2. The van der Waals surface area contributed by atoms with Gasteiger partial charge in [-0.2, -0.15) is 0 Å². The van der Waals surface area contributed by atoms with Crippen molar-refractivity contribution in [3.8, 4) is 5.75 Å². The molecule has 0 bridgehead atoms. The summed E-state index contributed by atoms with van der Waals surface area (Å²) in [5, 5.41) is 9.34. The first-order valence-electron chi connectivity index (χ1n) is 24.7. The van der Waals surface area contributed by atoms with Gasteiger partial charge >= 0.3 is 0 Å². The van der Waals surface area contributed by atoms with Crippen molar-refractivity contribution in [2.75, 3.05) is 79.3 Å². The molecule has 0 aliphatic heterocycles. The lowest BCUT2D eigenvalue weighted by Gasteiger charge is -2.23. The number of hydrogen-bond donors (Lipinski definition) is 1. The summed E-state index contributed by atoms with van der Waals surface area (Å²) in [5.41, 5.74) is 1.37. The van der Waals surface area contributed by atoms with Gasteiger partial charge in [0.15, 0.2) is 0 Å². The predicted molar refractivity (Wildman–Crippen MR) is 255 cm³/mol. The molecule has 64 heavy (non-hydrogen) atoms. The van der Waals surface area contributed by atoms with E-state index in [0.29, 0.717) is 79.3 Å². The number of ether oxygens (including phenoxy) is 12. The van der Waals surface area contributed by atoms with Gasteiger partial charge in [0.05, 0.1) is 146 Å². The maximum atomic E-state index is 9.34. The number of aryl methyl sites for hydroxylation is 1. The third-order valence-corrected chi connectivity index (χ3v) is 10.3. The SMILES string of the molecule is CCCCCCCCCc1ccc(OCC(C)OCC(C)OCC(C)OCC(C)OCC(C)OCC(C)OCC(C)OCC(C)OCC(C)OCC(C)OCC(C)OCC(C)O)cc1. The molecule has 12 atom stereocenters. The van der Waals surface area contributed by atoms with Gasteiger partial charge in [0.25, 0.3) is 0 Å². The van der Waals surface area contributed by atoms with E-state index in [-0.39, 0.29) is 67.1 Å². The molecule has 1 aromatic rings. The molecule has 12 unspecified atom stereocenters. The van der Waals surface area contributed by atoms with E-state index in [0.717, 1.165) is 12.2 Å². The van der Waals surface area contributed by atoms with Crippen molar-refractivity contribution in [3.05, 3.63) is 29.8 Å². The minimum atomic E-state index is -0.489. The van der Waals surface area contributed by atoms with Gasteiger partial charge in [0.2, 0.25) is 0 Å². The molecular weight excluding hydrogens is 821 g/mol. The Morgan fingerprint density at radius 2 is 0.578 bits per heavy atom. The van der Waals surface area contributed by atoms with Crippen molar-refractivity contribution in [2.24, 2.45) is 0 Å². The minimum absolute atomic E-state index is 0.0507. The van der Waals surface area contributed by atoms with Gasteiger partial charge in [-0.3, -0.25) is 0 Å². The van der Waals surface area contributed by atoms with Crippen LogP contribution >= 0.6 is 0 Å². The van der Waals surface area contributed by atoms with Crippen LogP contribution in [0.25, 0.3) is 0 Å². The average molecular weight is 917 g/mol. The minimum Gasteiger partial charge on any atom is -0.491 e. The van der Waals surface area contributed by atoms with Crippen LogP contribution in [0.1, 0.15) is 141 Å². The third-order valence-electron chi connectivity index (χ3n) is 10.3. The number of aliphatic hydroxyl groups excluding tert-OH is 1. The van der Waals surface area contributed by atoms with Crippen LogP contribution in [0.15, 0.2) is 24.3 Å². The van der Waals surface area contributed by atoms with Crippen molar-refractivity contribution in [2.45, 2.75) is 215 Å². The highest BCUT2D eigenvalue weighted by Gasteiger charge is 2.16. The second-order valence-electron chi connectivity index (χ2n) is 18.3. The van der Waals surface area contributed by atoms with E-state index in [2.05, 4.69) is 31.2 Å². The molecule has 0 aromatic heterocycles. The lowest BCUT2D eigenvalue weighted by molar-refractivity contribution is -0.113. The molecule has 13 heteroatoms. The van der Waals surface area contributed by atoms with Gasteiger partial charge in [-0.1, -0.05) is 57.6 Å². The van der Waals surface area contributed by atoms with E-state index in [1.165, 1.54) is 50.5 Å². The van der Waals surface area contributed by atoms with E-state index in [1.807, 2.05) is 76.2 Å². The molecular formula is C51H96O13. The Hall–Kier alpha value is -1.46. The number of unbranched alkanes of at least 4 members (excludes halogenated alkanes) is 6. The van der Waals surface area contributed by atoms with E-state index < -0.39 is 6.10 Å². The molecule has 378 valence electrons. The summed E-state index contributed by atoms with van der Waals surface area (Å²) in [6, 6.07) is 8.50. The van der Waals surface area contributed by atoms with E-state index in [4.69, 9.17) is 56.8 Å². The van der Waals surface area contributed by atoms with Crippen LogP contribution in [-0.4, -0.2) is 158 Å². The molecule has 0 amide bonds. The third kappa shape index (κ3) is 35.7. The van der Waals surface area contributed by atoms with Crippen LogP contribution in [-0.2, 0) is 58.5 Å². The van der Waals surface area contributed by atoms with Gasteiger partial charge in [0.1, 0.15) is 12.4 Å². The van der Waals surface area contributed by atoms with E-state index in [1.54, 1.807) is 6.92 Å². The first kappa shape index (κ1) is 60.6. The highest BCUT2D eigenvalue weighted by Crippen LogP contribution is 2.16. The average Bonchev–Trinajstić information content (AvgIpc) is 3.28. The zero-order chi connectivity index (χ0) is 47.5. The lowest BCUT2D eigenvalue weighted by atomic mass is 10.0. The summed E-state index contributed by atoms with van der Waals surface area (Å²) >= 11 is 0. The Morgan fingerprint density at radius 1 is 0.328 bits per heavy atom. The molecule has 1 rings (SSSR count). The molecule has 0 aliphatic rings. The topological polar surface area (TPSA) is 131 Å². The molecule has 0 saturated carbocycles. The summed E-state index contributed by atoms with van der Waals surface area (Å²) in [7, 11) is 0. The van der Waals surface area contributed by atoms with Crippen LogP contribution < -0.4 is 4.74 Å². The smallest absolute Gasteiger partial charge is 0.119 e. The van der Waals surface area contributed by atoms with Crippen LogP contribution in [0.2, 0.25) is 0 Å². The van der Waals surface area contributed by atoms with Gasteiger partial charge in [0, 0.05) is 0 Å². The molecule has 0 radical (unpaired) electrons. The highest BCUT2D eigenvalue weighted by molar-refractivity contribution is 5.27. The van der Waals surface area contributed by atoms with Gasteiger partial charge < -0.3 is 61.9 Å². The number of rotatable bonds is 44. The lowest BCUT2D eigenvalue weighted by Crippen LogP contribution is -2.31. The molecule has 0 spiro atoms. The van der Waals surface area contributed by atoms with E-state index >= 15 is 0 Å². The second kappa shape index (κ2) is 38.5. The summed E-state index contributed by atoms with van der Waals surface area (Å²) in [4.78, 5) is 0. The van der Waals surface area contributed by atoms with Crippen molar-refractivity contribution < 1.29 is 61.9 Å². The standard InChI is InChI=1S/C51H96O13/c1-14-15-16-17-18-19-20-21-50-22-24-51(25-23-50)64-37-49(13)63-36-48(12)62-35-47(11)61-34-46(10)60-33-45(9)59-32-44(8)58-31-43(7)57-30-42(6)56-29-41(5)55-28-40(4)54-27-39(3)53-26-38(2)52/h22-25,38-49,52H,14-21,26-37H2,1-13H3. The van der Waals surface area contributed by atoms with Crippen molar-refractivity contribution >= 4 is 0 Å². The Kier molecular flexibility index (Phi) is 36.4. The van der Waals surface area contributed by atoms with Crippen LogP contribution in [0.5, 0.6) is 5.75 Å². The molecule has 1 aromatic carbocycles. The zero-order valence-corrected chi connectivity index (χ0v) is 42.7. The Morgan fingerprint density at radius 3 is 0.859 bits per heavy atom. The first-order valence-corrected chi connectivity index (χ1v) is 24.7. The van der Waals surface area contributed by atoms with Gasteiger partial charge in [-0.25, -0.2) is 0 Å². The van der Waals surface area contributed by atoms with Crippen LogP contribution in [0.3, 0.4) is 0 Å². The van der Waals surface area contributed by atoms with Gasteiger partial charge in [-0.15, -0.1) is 0 Å². The van der Waals surface area contributed by atoms with Crippen molar-refractivity contribution in [1.29, 1.82) is 0 Å². The zero-order valence-electron chi connectivity index (χ0n) is 42.7. The normalized spacial score (nSPS) is 17.8. The quantitative estimate of drug-likeness (QED) is 0.0625. The maximum Gasteiger partial charge on any atom is 0.119 e. The summed E-state index contributed by atoms with van der Waals surface area (Å²) < 4.78 is 71.0. The first-order chi connectivity index (χ1) is 30.6.